The molecule has 1 rings (SSSR count). The first-order chi connectivity index (χ1) is 7.61. The van der Waals surface area contributed by atoms with E-state index in [1.54, 1.807) is 13.8 Å². The predicted octanol–water partition coefficient (Wildman–Crippen LogP) is 0.345. The van der Waals surface area contributed by atoms with Crippen molar-refractivity contribution in [3.8, 4) is 0 Å². The first-order valence-corrected chi connectivity index (χ1v) is 4.79. The Hall–Kier alpha value is -2.05. The van der Waals surface area contributed by atoms with E-state index in [0.717, 1.165) is 0 Å². The summed E-state index contributed by atoms with van der Waals surface area (Å²) >= 11 is 0. The first kappa shape index (κ1) is 12.0. The molecule has 16 heavy (non-hydrogen) atoms. The van der Waals surface area contributed by atoms with Gasteiger partial charge in [-0.3, -0.25) is 5.10 Å². The van der Waals surface area contributed by atoms with Crippen molar-refractivity contribution in [3.05, 3.63) is 11.3 Å². The van der Waals surface area contributed by atoms with Crippen molar-refractivity contribution < 1.29 is 19.1 Å². The van der Waals surface area contributed by atoms with Crippen LogP contribution in [0.2, 0.25) is 0 Å². The van der Waals surface area contributed by atoms with Gasteiger partial charge in [0.1, 0.15) is 11.4 Å². The Morgan fingerprint density at radius 2 is 1.81 bits per heavy atom. The van der Waals surface area contributed by atoms with E-state index in [1.807, 2.05) is 0 Å². The molecular weight excluding hydrogens is 214 g/mol. The van der Waals surface area contributed by atoms with E-state index in [-0.39, 0.29) is 30.3 Å². The Kier molecular flexibility index (Phi) is 3.87. The largest absolute Gasteiger partial charge is 0.462 e. The molecule has 7 heteroatoms. The molecular formula is C9H13N3O4. The van der Waals surface area contributed by atoms with Crippen LogP contribution in [0.5, 0.6) is 0 Å². The Morgan fingerprint density at radius 1 is 1.25 bits per heavy atom. The molecule has 3 N–H and O–H groups in total. The van der Waals surface area contributed by atoms with E-state index in [9.17, 15) is 9.59 Å². The van der Waals surface area contributed by atoms with Crippen LogP contribution in [0.25, 0.3) is 0 Å². The number of nitrogens with zero attached hydrogens (tertiary/aromatic N) is 1. The van der Waals surface area contributed by atoms with Crippen molar-refractivity contribution in [2.75, 3.05) is 18.9 Å². The molecule has 0 fully saturated rings. The van der Waals surface area contributed by atoms with Gasteiger partial charge in [-0.2, -0.15) is 5.10 Å². The van der Waals surface area contributed by atoms with Gasteiger partial charge in [-0.25, -0.2) is 9.59 Å². The van der Waals surface area contributed by atoms with Gasteiger partial charge in [-0.1, -0.05) is 0 Å². The van der Waals surface area contributed by atoms with Crippen LogP contribution in [0.3, 0.4) is 0 Å². The van der Waals surface area contributed by atoms with Crippen LogP contribution in [-0.2, 0) is 9.47 Å². The SMILES string of the molecule is CCOC(=O)c1n[nH]c(N)c1C(=O)OCC. The van der Waals surface area contributed by atoms with Gasteiger partial charge in [-0.05, 0) is 13.8 Å². The van der Waals surface area contributed by atoms with Crippen LogP contribution in [-0.4, -0.2) is 35.3 Å². The number of hydrogen-bond donors (Lipinski definition) is 2. The van der Waals surface area contributed by atoms with Gasteiger partial charge in [0.15, 0.2) is 5.69 Å². The third kappa shape index (κ3) is 2.30. The van der Waals surface area contributed by atoms with E-state index >= 15 is 0 Å². The lowest BCUT2D eigenvalue weighted by Gasteiger charge is -2.02. The van der Waals surface area contributed by atoms with E-state index in [4.69, 9.17) is 15.2 Å². The first-order valence-electron chi connectivity index (χ1n) is 4.79. The molecule has 1 heterocycles. The van der Waals surface area contributed by atoms with Crippen molar-refractivity contribution in [1.82, 2.24) is 10.2 Å². The van der Waals surface area contributed by atoms with Crippen LogP contribution in [0.4, 0.5) is 5.82 Å². The average molecular weight is 227 g/mol. The monoisotopic (exact) mass is 227 g/mol. The van der Waals surface area contributed by atoms with Gasteiger partial charge in [0.05, 0.1) is 13.2 Å². The van der Waals surface area contributed by atoms with Gasteiger partial charge in [0.2, 0.25) is 0 Å². The number of nitrogens with one attached hydrogen (secondary N) is 1. The summed E-state index contributed by atoms with van der Waals surface area (Å²) in [5.41, 5.74) is 5.24. The van der Waals surface area contributed by atoms with Crippen LogP contribution < -0.4 is 5.73 Å². The number of ether oxygens (including phenoxy) is 2. The van der Waals surface area contributed by atoms with E-state index in [0.29, 0.717) is 0 Å². The zero-order valence-electron chi connectivity index (χ0n) is 9.07. The highest BCUT2D eigenvalue weighted by atomic mass is 16.5. The summed E-state index contributed by atoms with van der Waals surface area (Å²) < 4.78 is 9.47. The summed E-state index contributed by atoms with van der Waals surface area (Å²) in [4.78, 5) is 22.9. The second-order valence-corrected chi connectivity index (χ2v) is 2.80. The zero-order chi connectivity index (χ0) is 12.1. The minimum Gasteiger partial charge on any atom is -0.462 e. The second-order valence-electron chi connectivity index (χ2n) is 2.80. The average Bonchev–Trinajstić information content (AvgIpc) is 2.61. The fourth-order valence-corrected chi connectivity index (χ4v) is 1.11. The molecule has 0 aliphatic carbocycles. The van der Waals surface area contributed by atoms with Gasteiger partial charge in [-0.15, -0.1) is 0 Å². The summed E-state index contributed by atoms with van der Waals surface area (Å²) in [6.07, 6.45) is 0. The Morgan fingerprint density at radius 3 is 2.38 bits per heavy atom. The lowest BCUT2D eigenvalue weighted by Crippen LogP contribution is -2.14. The molecule has 0 amide bonds. The molecule has 88 valence electrons. The molecule has 0 radical (unpaired) electrons. The van der Waals surface area contributed by atoms with Gasteiger partial charge in [0.25, 0.3) is 0 Å². The Labute approximate surface area is 91.9 Å². The number of anilines is 1. The summed E-state index contributed by atoms with van der Waals surface area (Å²) in [6.45, 7) is 3.68. The number of aromatic amines is 1. The van der Waals surface area contributed by atoms with Crippen LogP contribution in [0, 0.1) is 0 Å². The van der Waals surface area contributed by atoms with Crippen molar-refractivity contribution in [2.45, 2.75) is 13.8 Å². The number of hydrogen-bond acceptors (Lipinski definition) is 6. The lowest BCUT2D eigenvalue weighted by molar-refractivity contribution is 0.0476. The quantitative estimate of drug-likeness (QED) is 0.718. The minimum atomic E-state index is -0.710. The van der Waals surface area contributed by atoms with Crippen molar-refractivity contribution in [3.63, 3.8) is 0 Å². The molecule has 0 spiro atoms. The second kappa shape index (κ2) is 5.15. The molecule has 0 saturated heterocycles. The highest BCUT2D eigenvalue weighted by Gasteiger charge is 2.25. The topological polar surface area (TPSA) is 107 Å². The highest BCUT2D eigenvalue weighted by Crippen LogP contribution is 2.15. The summed E-state index contributed by atoms with van der Waals surface area (Å²) in [6, 6.07) is 0. The summed E-state index contributed by atoms with van der Waals surface area (Å²) in [7, 11) is 0. The summed E-state index contributed by atoms with van der Waals surface area (Å²) in [5, 5.41) is 5.95. The van der Waals surface area contributed by atoms with E-state index in [2.05, 4.69) is 10.2 Å². The maximum Gasteiger partial charge on any atom is 0.359 e. The van der Waals surface area contributed by atoms with Gasteiger partial charge < -0.3 is 15.2 Å². The standard InChI is InChI=1S/C9H13N3O4/c1-3-15-8(13)5-6(9(14)16-4-2)11-12-7(5)10/h3-4H2,1-2H3,(H3,10,11,12). The smallest absolute Gasteiger partial charge is 0.359 e. The molecule has 1 aromatic rings. The van der Waals surface area contributed by atoms with E-state index in [1.165, 1.54) is 0 Å². The number of nitrogen functional groups attached to an aromatic ring is 1. The molecule has 0 bridgehead atoms. The third-order valence-corrected chi connectivity index (χ3v) is 1.74. The predicted molar refractivity (Wildman–Crippen MR) is 54.9 cm³/mol. The molecule has 0 unspecified atom stereocenters. The molecule has 1 aromatic heterocycles. The van der Waals surface area contributed by atoms with Crippen molar-refractivity contribution in [2.24, 2.45) is 0 Å². The number of nitrogens with two attached hydrogens (primary N) is 1. The number of aromatic nitrogens is 2. The number of rotatable bonds is 4. The van der Waals surface area contributed by atoms with Crippen molar-refractivity contribution in [1.29, 1.82) is 0 Å². The lowest BCUT2D eigenvalue weighted by atomic mass is 10.2. The molecule has 0 saturated carbocycles. The number of esters is 2. The number of H-pyrrole nitrogens is 1. The number of carbonyl (C=O) groups is 2. The Bertz CT molecular complexity index is 399. The normalized spacial score (nSPS) is 9.88. The maximum absolute atomic E-state index is 11.5. The van der Waals surface area contributed by atoms with Crippen LogP contribution in [0.15, 0.2) is 0 Å². The van der Waals surface area contributed by atoms with Crippen LogP contribution >= 0.6 is 0 Å². The third-order valence-electron chi connectivity index (χ3n) is 1.74. The van der Waals surface area contributed by atoms with Crippen molar-refractivity contribution >= 4 is 17.8 Å². The molecule has 0 atom stereocenters. The van der Waals surface area contributed by atoms with Crippen LogP contribution in [0.1, 0.15) is 34.7 Å². The van der Waals surface area contributed by atoms with Gasteiger partial charge in [0, 0.05) is 0 Å². The zero-order valence-corrected chi connectivity index (χ0v) is 9.07. The van der Waals surface area contributed by atoms with E-state index < -0.39 is 11.9 Å². The molecule has 0 aliphatic heterocycles. The Balaban J connectivity index is 3.02. The maximum atomic E-state index is 11.5. The van der Waals surface area contributed by atoms with Gasteiger partial charge >= 0.3 is 11.9 Å². The highest BCUT2D eigenvalue weighted by molar-refractivity contribution is 6.05. The molecule has 0 aliphatic rings. The minimum absolute atomic E-state index is 0.0125. The fraction of sp³-hybridized carbons (Fsp3) is 0.444. The molecule has 0 aromatic carbocycles. The number of carbonyl (C=O) groups excluding carboxylic acids is 2. The molecule has 7 nitrogen and oxygen atoms in total. The summed E-state index contributed by atoms with van der Waals surface area (Å²) in [5.74, 6) is -1.42. The fourth-order valence-electron chi connectivity index (χ4n) is 1.11.